The fraction of sp³-hybridized carbons (Fsp3) is 0.381. The maximum absolute atomic E-state index is 13.1. The van der Waals surface area contributed by atoms with Crippen molar-refractivity contribution >= 4 is 27.3 Å². The zero-order valence-electron chi connectivity index (χ0n) is 16.4. The van der Waals surface area contributed by atoms with Crippen molar-refractivity contribution in [2.45, 2.75) is 38.0 Å². The van der Waals surface area contributed by atoms with Crippen molar-refractivity contribution < 1.29 is 17.9 Å². The molecule has 2 aromatic rings. The second-order valence-electron chi connectivity index (χ2n) is 7.35. The number of sulfonamides is 1. The van der Waals surface area contributed by atoms with E-state index >= 15 is 0 Å². The van der Waals surface area contributed by atoms with Gasteiger partial charge in [0, 0.05) is 18.7 Å². The number of anilines is 2. The molecule has 1 aliphatic rings. The molecule has 1 N–H and O–H groups in total. The Balaban J connectivity index is 1.87. The predicted octanol–water partition coefficient (Wildman–Crippen LogP) is 3.82. The summed E-state index contributed by atoms with van der Waals surface area (Å²) < 4.78 is 32.9. The van der Waals surface area contributed by atoms with Gasteiger partial charge in [-0.05, 0) is 66.8 Å². The van der Waals surface area contributed by atoms with Crippen LogP contribution in [0.3, 0.4) is 0 Å². The van der Waals surface area contributed by atoms with Crippen molar-refractivity contribution in [2.24, 2.45) is 5.92 Å². The summed E-state index contributed by atoms with van der Waals surface area (Å²) in [5, 5.41) is 2.90. The molecule has 7 heteroatoms. The molecule has 0 aromatic heterocycles. The minimum Gasteiger partial charge on any atom is -0.497 e. The van der Waals surface area contributed by atoms with Crippen molar-refractivity contribution in [3.63, 3.8) is 0 Å². The van der Waals surface area contributed by atoms with Gasteiger partial charge in [0.1, 0.15) is 5.75 Å². The lowest BCUT2D eigenvalue weighted by Crippen LogP contribution is -2.35. The van der Waals surface area contributed by atoms with E-state index in [9.17, 15) is 13.2 Å². The maximum Gasteiger partial charge on any atom is 0.264 e. The van der Waals surface area contributed by atoms with Crippen molar-refractivity contribution in [2.75, 3.05) is 23.3 Å². The molecule has 0 spiro atoms. The fourth-order valence-electron chi connectivity index (χ4n) is 3.35. The summed E-state index contributed by atoms with van der Waals surface area (Å²) in [5.41, 5.74) is 2.29. The molecule has 0 atom stereocenters. The molecule has 3 rings (SSSR count). The Hall–Kier alpha value is -2.54. The lowest BCUT2D eigenvalue weighted by Gasteiger charge is -2.31. The van der Waals surface area contributed by atoms with Gasteiger partial charge < -0.3 is 10.1 Å². The fourth-order valence-corrected chi connectivity index (χ4v) is 4.89. The number of hydrogen-bond donors (Lipinski definition) is 1. The second-order valence-corrected chi connectivity index (χ2v) is 9.21. The van der Waals surface area contributed by atoms with E-state index in [1.165, 1.54) is 4.31 Å². The van der Waals surface area contributed by atoms with E-state index in [1.807, 2.05) is 19.9 Å². The van der Waals surface area contributed by atoms with Crippen molar-refractivity contribution in [3.05, 3.63) is 48.0 Å². The number of fused-ring (bicyclic) bond motifs is 1. The van der Waals surface area contributed by atoms with Gasteiger partial charge in [-0.3, -0.25) is 9.10 Å². The average Bonchev–Trinajstić information content (AvgIpc) is 2.66. The molecule has 0 radical (unpaired) electrons. The van der Waals surface area contributed by atoms with Crippen molar-refractivity contribution in [1.29, 1.82) is 0 Å². The molecule has 2 aromatic carbocycles. The molecule has 1 amide bonds. The highest BCUT2D eigenvalue weighted by Crippen LogP contribution is 2.34. The van der Waals surface area contributed by atoms with Gasteiger partial charge in [-0.1, -0.05) is 13.8 Å². The van der Waals surface area contributed by atoms with E-state index in [1.54, 1.807) is 43.5 Å². The highest BCUT2D eigenvalue weighted by molar-refractivity contribution is 7.92. The summed E-state index contributed by atoms with van der Waals surface area (Å²) in [5.74, 6) is 0.857. The van der Waals surface area contributed by atoms with Gasteiger partial charge in [-0.2, -0.15) is 0 Å². The monoisotopic (exact) mass is 402 g/mol. The van der Waals surface area contributed by atoms with E-state index in [-0.39, 0.29) is 16.7 Å². The summed E-state index contributed by atoms with van der Waals surface area (Å²) in [6.45, 7) is 4.42. The third kappa shape index (κ3) is 4.30. The predicted molar refractivity (Wildman–Crippen MR) is 110 cm³/mol. The topological polar surface area (TPSA) is 75.7 Å². The van der Waals surface area contributed by atoms with E-state index in [0.717, 1.165) is 18.4 Å². The van der Waals surface area contributed by atoms with Crippen LogP contribution in [0, 0.1) is 5.92 Å². The minimum atomic E-state index is -3.66. The smallest absolute Gasteiger partial charge is 0.264 e. The molecule has 0 aliphatic carbocycles. The van der Waals surface area contributed by atoms with Crippen LogP contribution in [0.2, 0.25) is 0 Å². The quantitative estimate of drug-likeness (QED) is 0.797. The summed E-state index contributed by atoms with van der Waals surface area (Å²) >= 11 is 0. The van der Waals surface area contributed by atoms with E-state index in [2.05, 4.69) is 5.32 Å². The van der Waals surface area contributed by atoms with Crippen LogP contribution in [0.25, 0.3) is 0 Å². The van der Waals surface area contributed by atoms with E-state index in [0.29, 0.717) is 30.1 Å². The standard InChI is InChI=1S/C21H26N2O4S/c1-15(2)13-21(24)22-17-6-11-20-16(14-17)5-4-12-23(20)28(25,26)19-9-7-18(27-3)8-10-19/h6-11,14-15H,4-5,12-13H2,1-3H3,(H,22,24). The number of benzene rings is 2. The zero-order valence-corrected chi connectivity index (χ0v) is 17.3. The Kier molecular flexibility index (Phi) is 5.93. The molecular weight excluding hydrogens is 376 g/mol. The van der Waals surface area contributed by atoms with E-state index < -0.39 is 10.0 Å². The molecule has 0 bridgehead atoms. The summed E-state index contributed by atoms with van der Waals surface area (Å²) in [6.07, 6.45) is 1.96. The van der Waals surface area contributed by atoms with Gasteiger partial charge in [0.05, 0.1) is 17.7 Å². The third-order valence-electron chi connectivity index (χ3n) is 4.68. The van der Waals surface area contributed by atoms with Gasteiger partial charge in [-0.15, -0.1) is 0 Å². The van der Waals surface area contributed by atoms with Crippen LogP contribution in [0.15, 0.2) is 47.4 Å². The first-order valence-corrected chi connectivity index (χ1v) is 10.8. The SMILES string of the molecule is COc1ccc(S(=O)(=O)N2CCCc3cc(NC(=O)CC(C)C)ccc32)cc1. The largest absolute Gasteiger partial charge is 0.497 e. The highest BCUT2D eigenvalue weighted by atomic mass is 32.2. The van der Waals surface area contributed by atoms with Crippen LogP contribution in [0.5, 0.6) is 5.75 Å². The molecule has 0 fully saturated rings. The Morgan fingerprint density at radius 3 is 2.54 bits per heavy atom. The van der Waals surface area contributed by atoms with Gasteiger partial charge in [0.15, 0.2) is 0 Å². The number of methoxy groups -OCH3 is 1. The number of ether oxygens (including phenoxy) is 1. The normalized spacial score (nSPS) is 13.9. The molecule has 6 nitrogen and oxygen atoms in total. The number of rotatable bonds is 6. The number of nitrogens with zero attached hydrogens (tertiary/aromatic N) is 1. The first kappa shape index (κ1) is 20.2. The average molecular weight is 403 g/mol. The lowest BCUT2D eigenvalue weighted by atomic mass is 10.0. The Morgan fingerprint density at radius 2 is 1.89 bits per heavy atom. The van der Waals surface area contributed by atoms with Gasteiger partial charge in [0.25, 0.3) is 10.0 Å². The number of amides is 1. The van der Waals surface area contributed by atoms with Crippen molar-refractivity contribution in [3.8, 4) is 5.75 Å². The molecule has 150 valence electrons. The van der Waals surface area contributed by atoms with Crippen LogP contribution in [0.4, 0.5) is 11.4 Å². The maximum atomic E-state index is 13.1. The molecular formula is C21H26N2O4S. The number of carbonyl (C=O) groups is 1. The molecule has 1 aliphatic heterocycles. The van der Waals surface area contributed by atoms with Gasteiger partial charge in [0.2, 0.25) is 5.91 Å². The molecule has 0 saturated carbocycles. The number of nitrogens with one attached hydrogen (secondary N) is 1. The lowest BCUT2D eigenvalue weighted by molar-refractivity contribution is -0.116. The van der Waals surface area contributed by atoms with Crippen LogP contribution < -0.4 is 14.4 Å². The van der Waals surface area contributed by atoms with E-state index in [4.69, 9.17) is 4.74 Å². The van der Waals surface area contributed by atoms with Gasteiger partial charge in [-0.25, -0.2) is 8.42 Å². The highest BCUT2D eigenvalue weighted by Gasteiger charge is 2.29. The summed E-state index contributed by atoms with van der Waals surface area (Å²) in [6, 6.07) is 11.8. The van der Waals surface area contributed by atoms with Crippen LogP contribution >= 0.6 is 0 Å². The van der Waals surface area contributed by atoms with Gasteiger partial charge >= 0.3 is 0 Å². The minimum absolute atomic E-state index is 0.0338. The Morgan fingerprint density at radius 1 is 1.18 bits per heavy atom. The third-order valence-corrected chi connectivity index (χ3v) is 6.51. The summed E-state index contributed by atoms with van der Waals surface area (Å²) in [4.78, 5) is 12.3. The Labute approximate surface area is 166 Å². The van der Waals surface area contributed by atoms with Crippen LogP contribution in [0.1, 0.15) is 32.3 Å². The first-order chi connectivity index (χ1) is 13.3. The molecule has 0 unspecified atom stereocenters. The molecule has 1 heterocycles. The molecule has 28 heavy (non-hydrogen) atoms. The first-order valence-electron chi connectivity index (χ1n) is 9.41. The molecule has 0 saturated heterocycles. The van der Waals surface area contributed by atoms with Crippen LogP contribution in [-0.2, 0) is 21.2 Å². The Bertz CT molecular complexity index is 953. The number of hydrogen-bond acceptors (Lipinski definition) is 4. The number of aryl methyl sites for hydroxylation is 1. The zero-order chi connectivity index (χ0) is 20.3. The summed E-state index contributed by atoms with van der Waals surface area (Å²) in [7, 11) is -2.12. The number of carbonyl (C=O) groups excluding carboxylic acids is 1. The van der Waals surface area contributed by atoms with Crippen LogP contribution in [-0.4, -0.2) is 28.0 Å². The second kappa shape index (κ2) is 8.22. The van der Waals surface area contributed by atoms with Crippen molar-refractivity contribution in [1.82, 2.24) is 0 Å².